The molecule has 0 aliphatic rings. The average molecular weight is 326 g/mol. The molecule has 2 rings (SSSR count). The van der Waals surface area contributed by atoms with Gasteiger partial charge < -0.3 is 5.32 Å². The molecule has 2 nitrogen and oxygen atoms in total. The van der Waals surface area contributed by atoms with Crippen LogP contribution in [0.25, 0.3) is 0 Å². The Balaban J connectivity index is 2.25. The molecule has 0 spiro atoms. The highest BCUT2D eigenvalue weighted by molar-refractivity contribution is 9.10. The fraction of sp³-hybridized carbons (Fsp3) is 0.0714. The lowest BCUT2D eigenvalue weighted by Crippen LogP contribution is -2.13. The number of nitrogens with one attached hydrogen (secondary N) is 1. The van der Waals surface area contributed by atoms with Crippen LogP contribution in [0.3, 0.4) is 0 Å². The molecule has 0 saturated carbocycles. The van der Waals surface area contributed by atoms with Crippen LogP contribution >= 0.6 is 15.9 Å². The maximum absolute atomic E-state index is 13.0. The van der Waals surface area contributed by atoms with Crippen LogP contribution in [0.1, 0.15) is 15.9 Å². The molecule has 0 atom stereocenters. The lowest BCUT2D eigenvalue weighted by atomic mass is 10.2. The van der Waals surface area contributed by atoms with E-state index >= 15 is 0 Å². The number of halogens is 3. The molecule has 5 heteroatoms. The van der Waals surface area contributed by atoms with Crippen molar-refractivity contribution in [2.24, 2.45) is 0 Å². The van der Waals surface area contributed by atoms with E-state index < -0.39 is 17.5 Å². The van der Waals surface area contributed by atoms with Crippen LogP contribution in [-0.2, 0) is 0 Å². The highest BCUT2D eigenvalue weighted by atomic mass is 79.9. The Labute approximate surface area is 117 Å². The van der Waals surface area contributed by atoms with Crippen LogP contribution < -0.4 is 5.32 Å². The Hall–Kier alpha value is -1.75. The summed E-state index contributed by atoms with van der Waals surface area (Å²) in [5, 5.41) is 2.59. The van der Waals surface area contributed by atoms with E-state index in [-0.39, 0.29) is 5.56 Å². The van der Waals surface area contributed by atoms with Gasteiger partial charge in [0.05, 0.1) is 5.69 Å². The molecule has 2 aromatic carbocycles. The topological polar surface area (TPSA) is 29.1 Å². The molecule has 0 bridgehead atoms. The quantitative estimate of drug-likeness (QED) is 0.876. The van der Waals surface area contributed by atoms with Crippen LogP contribution in [0.2, 0.25) is 0 Å². The third kappa shape index (κ3) is 3.38. The molecule has 98 valence electrons. The number of carbonyl (C=O) groups excluding carboxylic acids is 1. The molecule has 0 aromatic heterocycles. The Morgan fingerprint density at radius 3 is 2.32 bits per heavy atom. The van der Waals surface area contributed by atoms with Crippen LogP contribution in [0.15, 0.2) is 40.9 Å². The molecule has 0 heterocycles. The zero-order valence-corrected chi connectivity index (χ0v) is 11.6. The molecule has 0 saturated heterocycles. The minimum Gasteiger partial charge on any atom is -0.321 e. The minimum absolute atomic E-state index is 0.0648. The SMILES string of the molecule is Cc1ccc(NC(=O)c2cc(F)cc(F)c2)c(Br)c1. The van der Waals surface area contributed by atoms with E-state index in [0.717, 1.165) is 23.8 Å². The van der Waals surface area contributed by atoms with E-state index in [1.54, 1.807) is 6.07 Å². The number of hydrogen-bond acceptors (Lipinski definition) is 1. The van der Waals surface area contributed by atoms with Crippen molar-refractivity contribution < 1.29 is 13.6 Å². The predicted molar refractivity (Wildman–Crippen MR) is 73.2 cm³/mol. The number of aryl methyl sites for hydroxylation is 1. The summed E-state index contributed by atoms with van der Waals surface area (Å²) < 4.78 is 26.8. The van der Waals surface area contributed by atoms with Crippen molar-refractivity contribution in [2.75, 3.05) is 5.32 Å². The average Bonchev–Trinajstić information content (AvgIpc) is 2.31. The standard InChI is InChI=1S/C14H10BrF2NO/c1-8-2-3-13(12(15)4-8)18-14(19)9-5-10(16)7-11(17)6-9/h2-7H,1H3,(H,18,19). The van der Waals surface area contributed by atoms with Gasteiger partial charge in [0.25, 0.3) is 5.91 Å². The van der Waals surface area contributed by atoms with Gasteiger partial charge in [0.1, 0.15) is 11.6 Å². The number of carbonyl (C=O) groups is 1. The number of amides is 1. The van der Waals surface area contributed by atoms with Crippen LogP contribution in [0.5, 0.6) is 0 Å². The smallest absolute Gasteiger partial charge is 0.255 e. The van der Waals surface area contributed by atoms with Crippen molar-refractivity contribution in [1.29, 1.82) is 0 Å². The van der Waals surface area contributed by atoms with Crippen molar-refractivity contribution in [1.82, 2.24) is 0 Å². The first kappa shape index (κ1) is 13.7. The fourth-order valence-corrected chi connectivity index (χ4v) is 2.19. The zero-order valence-electron chi connectivity index (χ0n) is 10.0. The summed E-state index contributed by atoms with van der Waals surface area (Å²) in [6, 6.07) is 8.07. The molecule has 1 N–H and O–H groups in total. The first-order valence-corrected chi connectivity index (χ1v) is 6.28. The molecule has 0 aliphatic carbocycles. The number of anilines is 1. The molecule has 0 radical (unpaired) electrons. The summed E-state index contributed by atoms with van der Waals surface area (Å²) in [4.78, 5) is 11.9. The Kier molecular flexibility index (Phi) is 3.95. The second-order valence-corrected chi connectivity index (χ2v) is 4.95. The number of benzene rings is 2. The monoisotopic (exact) mass is 325 g/mol. The van der Waals surface area contributed by atoms with Gasteiger partial charge in [-0.15, -0.1) is 0 Å². The van der Waals surface area contributed by atoms with Crippen molar-refractivity contribution >= 4 is 27.5 Å². The van der Waals surface area contributed by atoms with E-state index in [0.29, 0.717) is 10.2 Å². The summed E-state index contributed by atoms with van der Waals surface area (Å²) in [5.41, 5.74) is 1.51. The third-order valence-corrected chi connectivity index (χ3v) is 3.15. The minimum atomic E-state index is -0.784. The molecular weight excluding hydrogens is 316 g/mol. The second-order valence-electron chi connectivity index (χ2n) is 4.10. The molecular formula is C14H10BrF2NO. The highest BCUT2D eigenvalue weighted by Crippen LogP contribution is 2.24. The van der Waals surface area contributed by atoms with E-state index in [1.165, 1.54) is 0 Å². The molecule has 0 aliphatic heterocycles. The van der Waals surface area contributed by atoms with Crippen molar-refractivity contribution in [3.63, 3.8) is 0 Å². The van der Waals surface area contributed by atoms with Gasteiger partial charge >= 0.3 is 0 Å². The normalized spacial score (nSPS) is 10.3. The summed E-state index contributed by atoms with van der Waals surface area (Å²) in [7, 11) is 0. The number of rotatable bonds is 2. The highest BCUT2D eigenvalue weighted by Gasteiger charge is 2.11. The van der Waals surface area contributed by atoms with Gasteiger partial charge in [0.15, 0.2) is 0 Å². The number of hydrogen-bond donors (Lipinski definition) is 1. The maximum atomic E-state index is 13.0. The third-order valence-electron chi connectivity index (χ3n) is 2.50. The van der Waals surface area contributed by atoms with Gasteiger partial charge in [-0.3, -0.25) is 4.79 Å². The summed E-state index contributed by atoms with van der Waals surface area (Å²) in [6.45, 7) is 1.91. The van der Waals surface area contributed by atoms with Crippen LogP contribution in [0, 0.1) is 18.6 Å². The summed E-state index contributed by atoms with van der Waals surface area (Å²) >= 11 is 3.31. The van der Waals surface area contributed by atoms with E-state index in [9.17, 15) is 13.6 Å². The van der Waals surface area contributed by atoms with Crippen molar-refractivity contribution in [3.8, 4) is 0 Å². The zero-order chi connectivity index (χ0) is 14.0. The molecule has 19 heavy (non-hydrogen) atoms. The van der Waals surface area contributed by atoms with Gasteiger partial charge in [-0.1, -0.05) is 6.07 Å². The molecule has 0 unspecified atom stereocenters. The Morgan fingerprint density at radius 1 is 1.11 bits per heavy atom. The van der Waals surface area contributed by atoms with Crippen LogP contribution in [-0.4, -0.2) is 5.91 Å². The van der Waals surface area contributed by atoms with Crippen LogP contribution in [0.4, 0.5) is 14.5 Å². The van der Waals surface area contributed by atoms with E-state index in [1.807, 2.05) is 19.1 Å². The van der Waals surface area contributed by atoms with Gasteiger partial charge in [0, 0.05) is 16.1 Å². The molecule has 2 aromatic rings. The lowest BCUT2D eigenvalue weighted by Gasteiger charge is -2.08. The summed E-state index contributed by atoms with van der Waals surface area (Å²) in [6.07, 6.45) is 0. The lowest BCUT2D eigenvalue weighted by molar-refractivity contribution is 0.102. The fourth-order valence-electron chi connectivity index (χ4n) is 1.60. The van der Waals surface area contributed by atoms with E-state index in [2.05, 4.69) is 21.2 Å². The first-order chi connectivity index (χ1) is 8.95. The molecule has 1 amide bonds. The molecule has 0 fully saturated rings. The van der Waals surface area contributed by atoms with Crippen molar-refractivity contribution in [3.05, 3.63) is 63.6 Å². The predicted octanol–water partition coefficient (Wildman–Crippen LogP) is 4.29. The van der Waals surface area contributed by atoms with E-state index in [4.69, 9.17) is 0 Å². The van der Waals surface area contributed by atoms with Gasteiger partial charge in [0.2, 0.25) is 0 Å². The van der Waals surface area contributed by atoms with Gasteiger partial charge in [-0.05, 0) is 52.7 Å². The summed E-state index contributed by atoms with van der Waals surface area (Å²) in [5.74, 6) is -2.14. The Bertz CT molecular complexity index is 623. The van der Waals surface area contributed by atoms with Gasteiger partial charge in [-0.2, -0.15) is 0 Å². The maximum Gasteiger partial charge on any atom is 0.255 e. The van der Waals surface area contributed by atoms with Crippen molar-refractivity contribution in [2.45, 2.75) is 6.92 Å². The largest absolute Gasteiger partial charge is 0.321 e. The first-order valence-electron chi connectivity index (χ1n) is 5.49. The Morgan fingerprint density at radius 2 is 1.74 bits per heavy atom. The van der Waals surface area contributed by atoms with Gasteiger partial charge in [-0.25, -0.2) is 8.78 Å². The second kappa shape index (κ2) is 5.48.